The molecular weight excluding hydrogens is 312 g/mol. The van der Waals surface area contributed by atoms with E-state index in [1.54, 1.807) is 0 Å². The van der Waals surface area contributed by atoms with Crippen LogP contribution in [0.4, 0.5) is 4.79 Å². The molecule has 0 saturated heterocycles. The summed E-state index contributed by atoms with van der Waals surface area (Å²) in [6.45, 7) is 8.14. The molecule has 0 spiro atoms. The van der Waals surface area contributed by atoms with Gasteiger partial charge in [-0.3, -0.25) is 0 Å². The maximum absolute atomic E-state index is 12.2. The Kier molecular flexibility index (Phi) is 6.31. The number of amides is 1. The number of ether oxygens (including phenoxy) is 1. The Bertz CT molecular complexity index is 507. The highest BCUT2D eigenvalue weighted by Crippen LogP contribution is 2.28. The van der Waals surface area contributed by atoms with Crippen molar-refractivity contribution in [2.24, 2.45) is 0 Å². The summed E-state index contributed by atoms with van der Waals surface area (Å²) in [7, 11) is 0. The van der Waals surface area contributed by atoms with Gasteiger partial charge in [0.1, 0.15) is 5.60 Å². The molecule has 1 aromatic rings. The molecule has 4 nitrogen and oxygen atoms in total. The number of carbonyl (C=O) groups is 1. The van der Waals surface area contributed by atoms with Crippen molar-refractivity contribution in [3.05, 3.63) is 34.9 Å². The lowest BCUT2D eigenvalue weighted by molar-refractivity contribution is 0.0232. The first-order chi connectivity index (χ1) is 10.8. The molecule has 1 aliphatic rings. The highest BCUT2D eigenvalue weighted by Gasteiger charge is 2.34. The Balaban J connectivity index is 1.68. The van der Waals surface area contributed by atoms with E-state index in [0.717, 1.165) is 43.9 Å². The SMILES string of the molecule is CC(C)(C)OC(=O)N(CCCNCc1ccc(Cl)cc1)C1CC1. The molecule has 2 rings (SSSR count). The normalized spacial score (nSPS) is 14.6. The molecule has 0 aliphatic heterocycles. The zero-order chi connectivity index (χ0) is 16.9. The van der Waals surface area contributed by atoms with E-state index in [1.165, 1.54) is 5.56 Å². The van der Waals surface area contributed by atoms with Crippen LogP contribution in [0.15, 0.2) is 24.3 Å². The van der Waals surface area contributed by atoms with Crippen molar-refractivity contribution in [2.45, 2.75) is 58.2 Å². The van der Waals surface area contributed by atoms with Gasteiger partial charge in [0.15, 0.2) is 0 Å². The summed E-state index contributed by atoms with van der Waals surface area (Å²) in [6.07, 6.45) is 2.93. The molecule has 1 fully saturated rings. The molecule has 1 aromatic carbocycles. The van der Waals surface area contributed by atoms with E-state index in [2.05, 4.69) is 5.32 Å². The van der Waals surface area contributed by atoms with Crippen LogP contribution in [-0.2, 0) is 11.3 Å². The van der Waals surface area contributed by atoms with E-state index in [9.17, 15) is 4.79 Å². The molecule has 128 valence electrons. The molecule has 0 atom stereocenters. The first-order valence-corrected chi connectivity index (χ1v) is 8.68. The summed E-state index contributed by atoms with van der Waals surface area (Å²) in [5, 5.41) is 4.16. The molecule has 0 heterocycles. The summed E-state index contributed by atoms with van der Waals surface area (Å²) in [4.78, 5) is 14.1. The van der Waals surface area contributed by atoms with Crippen molar-refractivity contribution in [3.8, 4) is 0 Å². The third kappa shape index (κ3) is 6.80. The monoisotopic (exact) mass is 338 g/mol. The molecule has 1 aliphatic carbocycles. The summed E-state index contributed by atoms with van der Waals surface area (Å²) in [6, 6.07) is 8.21. The maximum Gasteiger partial charge on any atom is 0.410 e. The van der Waals surface area contributed by atoms with Gasteiger partial charge in [-0.15, -0.1) is 0 Å². The van der Waals surface area contributed by atoms with Crippen molar-refractivity contribution in [3.63, 3.8) is 0 Å². The fraction of sp³-hybridized carbons (Fsp3) is 0.611. The molecule has 0 bridgehead atoms. The smallest absolute Gasteiger partial charge is 0.410 e. The van der Waals surface area contributed by atoms with Gasteiger partial charge in [-0.25, -0.2) is 4.79 Å². The standard InChI is InChI=1S/C18H27ClN2O2/c1-18(2,3)23-17(22)21(16-9-10-16)12-4-11-20-13-14-5-7-15(19)8-6-14/h5-8,16,20H,4,9-13H2,1-3H3. The van der Waals surface area contributed by atoms with Gasteiger partial charge in [-0.1, -0.05) is 23.7 Å². The minimum Gasteiger partial charge on any atom is -0.444 e. The average Bonchev–Trinajstić information content (AvgIpc) is 3.27. The minimum absolute atomic E-state index is 0.183. The lowest BCUT2D eigenvalue weighted by atomic mass is 10.2. The predicted octanol–water partition coefficient (Wildman–Crippen LogP) is 4.22. The van der Waals surface area contributed by atoms with Gasteiger partial charge >= 0.3 is 6.09 Å². The molecule has 0 aromatic heterocycles. The number of benzene rings is 1. The lowest BCUT2D eigenvalue weighted by Gasteiger charge is -2.27. The quantitative estimate of drug-likeness (QED) is 0.757. The summed E-state index contributed by atoms with van der Waals surface area (Å²) < 4.78 is 5.49. The molecule has 0 unspecified atom stereocenters. The molecular formula is C18H27ClN2O2. The molecule has 5 heteroatoms. The van der Waals surface area contributed by atoms with Crippen LogP contribution in [0.1, 0.15) is 45.6 Å². The number of halogens is 1. The van der Waals surface area contributed by atoms with E-state index in [-0.39, 0.29) is 6.09 Å². The van der Waals surface area contributed by atoms with E-state index in [0.29, 0.717) is 6.04 Å². The lowest BCUT2D eigenvalue weighted by Crippen LogP contribution is -2.39. The van der Waals surface area contributed by atoms with Crippen LogP contribution in [0.5, 0.6) is 0 Å². The van der Waals surface area contributed by atoms with Crippen molar-refractivity contribution in [1.29, 1.82) is 0 Å². The van der Waals surface area contributed by atoms with Crippen molar-refractivity contribution < 1.29 is 9.53 Å². The van der Waals surface area contributed by atoms with Crippen LogP contribution < -0.4 is 5.32 Å². The van der Waals surface area contributed by atoms with E-state index >= 15 is 0 Å². The summed E-state index contributed by atoms with van der Waals surface area (Å²) in [5.74, 6) is 0. The summed E-state index contributed by atoms with van der Waals surface area (Å²) in [5.41, 5.74) is 0.775. The Morgan fingerprint density at radius 1 is 1.30 bits per heavy atom. The topological polar surface area (TPSA) is 41.6 Å². The Labute approximate surface area is 144 Å². The fourth-order valence-corrected chi connectivity index (χ4v) is 2.47. The largest absolute Gasteiger partial charge is 0.444 e. The zero-order valence-electron chi connectivity index (χ0n) is 14.3. The number of hydrogen-bond acceptors (Lipinski definition) is 3. The molecule has 1 N–H and O–H groups in total. The maximum atomic E-state index is 12.2. The van der Waals surface area contributed by atoms with Crippen molar-refractivity contribution in [1.82, 2.24) is 10.2 Å². The molecule has 1 amide bonds. The van der Waals surface area contributed by atoms with Crippen LogP contribution >= 0.6 is 11.6 Å². The Morgan fingerprint density at radius 3 is 2.52 bits per heavy atom. The Hall–Kier alpha value is -1.26. The number of hydrogen-bond donors (Lipinski definition) is 1. The van der Waals surface area contributed by atoms with Crippen LogP contribution in [-0.4, -0.2) is 35.7 Å². The third-order valence-electron chi connectivity index (χ3n) is 3.61. The van der Waals surface area contributed by atoms with Crippen LogP contribution in [0.3, 0.4) is 0 Å². The fourth-order valence-electron chi connectivity index (χ4n) is 2.34. The predicted molar refractivity (Wildman–Crippen MR) is 93.7 cm³/mol. The second kappa shape index (κ2) is 8.02. The molecule has 0 radical (unpaired) electrons. The second-order valence-electron chi connectivity index (χ2n) is 7.06. The van der Waals surface area contributed by atoms with E-state index < -0.39 is 5.60 Å². The molecule has 1 saturated carbocycles. The average molecular weight is 339 g/mol. The van der Waals surface area contributed by atoms with Crippen LogP contribution in [0, 0.1) is 0 Å². The van der Waals surface area contributed by atoms with Gasteiger partial charge in [-0.2, -0.15) is 0 Å². The minimum atomic E-state index is -0.433. The third-order valence-corrected chi connectivity index (χ3v) is 3.86. The van der Waals surface area contributed by atoms with E-state index in [4.69, 9.17) is 16.3 Å². The van der Waals surface area contributed by atoms with Crippen molar-refractivity contribution >= 4 is 17.7 Å². The highest BCUT2D eigenvalue weighted by molar-refractivity contribution is 6.30. The van der Waals surface area contributed by atoms with Gasteiger partial charge in [0, 0.05) is 24.2 Å². The van der Waals surface area contributed by atoms with Gasteiger partial charge in [-0.05, 0) is 64.3 Å². The first kappa shape index (κ1) is 18.1. The first-order valence-electron chi connectivity index (χ1n) is 8.30. The van der Waals surface area contributed by atoms with E-state index in [1.807, 2.05) is 49.9 Å². The summed E-state index contributed by atoms with van der Waals surface area (Å²) >= 11 is 5.87. The Morgan fingerprint density at radius 2 is 1.96 bits per heavy atom. The van der Waals surface area contributed by atoms with Gasteiger partial charge in [0.05, 0.1) is 0 Å². The number of rotatable bonds is 7. The van der Waals surface area contributed by atoms with Gasteiger partial charge in [0.25, 0.3) is 0 Å². The second-order valence-corrected chi connectivity index (χ2v) is 7.50. The number of nitrogens with zero attached hydrogens (tertiary/aromatic N) is 1. The van der Waals surface area contributed by atoms with Crippen LogP contribution in [0.2, 0.25) is 5.02 Å². The zero-order valence-corrected chi connectivity index (χ0v) is 15.0. The number of nitrogens with one attached hydrogen (secondary N) is 1. The molecule has 23 heavy (non-hydrogen) atoms. The highest BCUT2D eigenvalue weighted by atomic mass is 35.5. The van der Waals surface area contributed by atoms with Gasteiger partial charge in [0.2, 0.25) is 0 Å². The van der Waals surface area contributed by atoms with Crippen molar-refractivity contribution in [2.75, 3.05) is 13.1 Å². The van der Waals surface area contributed by atoms with Gasteiger partial charge < -0.3 is 15.0 Å². The van der Waals surface area contributed by atoms with Crippen LogP contribution in [0.25, 0.3) is 0 Å². The number of carbonyl (C=O) groups excluding carboxylic acids is 1.